The van der Waals surface area contributed by atoms with Gasteiger partial charge in [0.1, 0.15) is 0 Å². The number of rotatable bonds is 5. The lowest BCUT2D eigenvalue weighted by Gasteiger charge is -2.15. The van der Waals surface area contributed by atoms with Crippen LogP contribution in [0.5, 0.6) is 0 Å². The largest absolute Gasteiger partial charge is 0.332 e. The second kappa shape index (κ2) is 7.55. The molecule has 3 N–H and O–H groups in total. The SMILES string of the molecule is Cc1c(NC(=O)C2CC2)cccc1NC(=S)NC(=O)CC(C)C. The lowest BCUT2D eigenvalue weighted by molar-refractivity contribution is -0.120. The van der Waals surface area contributed by atoms with Crippen LogP contribution in [0.1, 0.15) is 38.7 Å². The molecule has 2 rings (SSSR count). The van der Waals surface area contributed by atoms with E-state index in [-0.39, 0.29) is 28.8 Å². The molecule has 0 atom stereocenters. The lowest BCUT2D eigenvalue weighted by Crippen LogP contribution is -2.34. The minimum Gasteiger partial charge on any atom is -0.332 e. The zero-order chi connectivity index (χ0) is 17.0. The quantitative estimate of drug-likeness (QED) is 0.724. The Hall–Kier alpha value is -1.95. The predicted octanol–water partition coefficient (Wildman–Crippen LogP) is 3.20. The first-order valence-electron chi connectivity index (χ1n) is 7.88. The Kier molecular flexibility index (Phi) is 5.71. The molecule has 124 valence electrons. The summed E-state index contributed by atoms with van der Waals surface area (Å²) < 4.78 is 0. The maximum atomic E-state index is 11.9. The van der Waals surface area contributed by atoms with Gasteiger partial charge in [-0.05, 0) is 55.6 Å². The third-order valence-corrected chi connectivity index (χ3v) is 3.84. The van der Waals surface area contributed by atoms with Crippen LogP contribution in [0.25, 0.3) is 0 Å². The van der Waals surface area contributed by atoms with Gasteiger partial charge in [-0.25, -0.2) is 0 Å². The molecule has 23 heavy (non-hydrogen) atoms. The van der Waals surface area contributed by atoms with E-state index in [4.69, 9.17) is 12.2 Å². The van der Waals surface area contributed by atoms with Gasteiger partial charge >= 0.3 is 0 Å². The van der Waals surface area contributed by atoms with Crippen LogP contribution in [0.4, 0.5) is 11.4 Å². The minimum absolute atomic E-state index is 0.0677. The van der Waals surface area contributed by atoms with Crippen molar-refractivity contribution in [1.29, 1.82) is 0 Å². The van der Waals surface area contributed by atoms with Crippen molar-refractivity contribution >= 4 is 40.5 Å². The minimum atomic E-state index is -0.103. The second-order valence-corrected chi connectivity index (χ2v) is 6.75. The van der Waals surface area contributed by atoms with Crippen LogP contribution in [0.2, 0.25) is 0 Å². The molecule has 0 radical (unpaired) electrons. The van der Waals surface area contributed by atoms with Crippen LogP contribution in [0.15, 0.2) is 18.2 Å². The fourth-order valence-corrected chi connectivity index (χ4v) is 2.41. The summed E-state index contributed by atoms with van der Waals surface area (Å²) >= 11 is 5.18. The van der Waals surface area contributed by atoms with Crippen LogP contribution in [-0.4, -0.2) is 16.9 Å². The summed E-state index contributed by atoms with van der Waals surface area (Å²) in [7, 11) is 0. The number of hydrogen-bond donors (Lipinski definition) is 3. The van der Waals surface area contributed by atoms with E-state index in [1.807, 2.05) is 39.0 Å². The highest BCUT2D eigenvalue weighted by atomic mass is 32.1. The second-order valence-electron chi connectivity index (χ2n) is 6.34. The molecule has 1 aromatic carbocycles. The van der Waals surface area contributed by atoms with E-state index in [9.17, 15) is 9.59 Å². The molecule has 0 unspecified atom stereocenters. The van der Waals surface area contributed by atoms with E-state index in [0.29, 0.717) is 6.42 Å². The summed E-state index contributed by atoms with van der Waals surface area (Å²) in [6.07, 6.45) is 2.36. The molecule has 0 spiro atoms. The molecule has 1 aliphatic carbocycles. The number of carbonyl (C=O) groups is 2. The molecular weight excluding hydrogens is 310 g/mol. The van der Waals surface area contributed by atoms with Crippen molar-refractivity contribution in [3.8, 4) is 0 Å². The number of benzene rings is 1. The van der Waals surface area contributed by atoms with E-state index < -0.39 is 0 Å². The number of hydrogen-bond acceptors (Lipinski definition) is 3. The van der Waals surface area contributed by atoms with Crippen molar-refractivity contribution < 1.29 is 9.59 Å². The van der Waals surface area contributed by atoms with Crippen LogP contribution in [0.3, 0.4) is 0 Å². The summed E-state index contributed by atoms with van der Waals surface area (Å²) in [5.74, 6) is 0.398. The Bertz CT molecular complexity index is 624. The summed E-state index contributed by atoms with van der Waals surface area (Å²) in [4.78, 5) is 23.6. The fourth-order valence-electron chi connectivity index (χ4n) is 2.19. The number of carbonyl (C=O) groups excluding carboxylic acids is 2. The van der Waals surface area contributed by atoms with Crippen molar-refractivity contribution in [2.24, 2.45) is 11.8 Å². The van der Waals surface area contributed by atoms with E-state index in [1.165, 1.54) is 0 Å². The maximum absolute atomic E-state index is 11.9. The molecule has 1 saturated carbocycles. The molecule has 1 aliphatic rings. The van der Waals surface area contributed by atoms with Gasteiger partial charge in [0.15, 0.2) is 5.11 Å². The molecule has 5 nitrogen and oxygen atoms in total. The zero-order valence-corrected chi connectivity index (χ0v) is 14.5. The standard InChI is InChI=1S/C17H23N3O2S/c1-10(2)9-15(21)20-17(23)19-14-6-4-5-13(11(14)3)18-16(22)12-7-8-12/h4-6,10,12H,7-9H2,1-3H3,(H,18,22)(H2,19,20,21,23). The Morgan fingerprint density at radius 3 is 2.39 bits per heavy atom. The molecule has 0 heterocycles. The third-order valence-electron chi connectivity index (χ3n) is 3.63. The van der Waals surface area contributed by atoms with Gasteiger partial charge in [0.25, 0.3) is 0 Å². The average molecular weight is 333 g/mol. The van der Waals surface area contributed by atoms with Gasteiger partial charge in [-0.3, -0.25) is 9.59 Å². The fraction of sp³-hybridized carbons (Fsp3) is 0.471. The van der Waals surface area contributed by atoms with Gasteiger partial charge in [0.05, 0.1) is 0 Å². The van der Waals surface area contributed by atoms with Crippen LogP contribution in [-0.2, 0) is 9.59 Å². The summed E-state index contributed by atoms with van der Waals surface area (Å²) in [5, 5.41) is 8.90. The number of thiocarbonyl (C=S) groups is 1. The third kappa shape index (κ3) is 5.32. The predicted molar refractivity (Wildman–Crippen MR) is 96.4 cm³/mol. The number of nitrogens with one attached hydrogen (secondary N) is 3. The van der Waals surface area contributed by atoms with Gasteiger partial charge in [-0.15, -0.1) is 0 Å². The smallest absolute Gasteiger partial charge is 0.227 e. The highest BCUT2D eigenvalue weighted by Crippen LogP contribution is 2.31. The Balaban J connectivity index is 1.98. The molecule has 1 aromatic rings. The average Bonchev–Trinajstić information content (AvgIpc) is 3.26. The summed E-state index contributed by atoms with van der Waals surface area (Å²) in [6, 6.07) is 5.57. The molecular formula is C17H23N3O2S. The monoisotopic (exact) mass is 333 g/mol. The van der Waals surface area contributed by atoms with E-state index >= 15 is 0 Å². The highest BCUT2D eigenvalue weighted by Gasteiger charge is 2.29. The van der Waals surface area contributed by atoms with Crippen LogP contribution in [0, 0.1) is 18.8 Å². The van der Waals surface area contributed by atoms with Gasteiger partial charge in [0, 0.05) is 23.7 Å². The van der Waals surface area contributed by atoms with Crippen molar-refractivity contribution in [1.82, 2.24) is 5.32 Å². The first kappa shape index (κ1) is 17.4. The van der Waals surface area contributed by atoms with E-state index in [2.05, 4.69) is 16.0 Å². The summed E-state index contributed by atoms with van der Waals surface area (Å²) in [5.41, 5.74) is 2.43. The molecule has 6 heteroatoms. The summed E-state index contributed by atoms with van der Waals surface area (Å²) in [6.45, 7) is 5.86. The number of anilines is 2. The molecule has 0 aromatic heterocycles. The van der Waals surface area contributed by atoms with Crippen molar-refractivity contribution in [2.45, 2.75) is 40.0 Å². The first-order valence-corrected chi connectivity index (χ1v) is 8.29. The molecule has 1 fully saturated rings. The topological polar surface area (TPSA) is 70.2 Å². The van der Waals surface area contributed by atoms with Crippen molar-refractivity contribution in [3.05, 3.63) is 23.8 Å². The van der Waals surface area contributed by atoms with Gasteiger partial charge < -0.3 is 16.0 Å². The van der Waals surface area contributed by atoms with Crippen LogP contribution < -0.4 is 16.0 Å². The highest BCUT2D eigenvalue weighted by molar-refractivity contribution is 7.80. The van der Waals surface area contributed by atoms with Gasteiger partial charge in [-0.1, -0.05) is 19.9 Å². The van der Waals surface area contributed by atoms with Gasteiger partial charge in [0.2, 0.25) is 11.8 Å². The molecule has 0 bridgehead atoms. The molecule has 0 saturated heterocycles. The normalized spacial score (nSPS) is 13.6. The molecule has 2 amide bonds. The van der Waals surface area contributed by atoms with Crippen LogP contribution >= 0.6 is 12.2 Å². The van der Waals surface area contributed by atoms with Crippen molar-refractivity contribution in [3.63, 3.8) is 0 Å². The van der Waals surface area contributed by atoms with E-state index in [1.54, 1.807) is 0 Å². The zero-order valence-electron chi connectivity index (χ0n) is 13.7. The maximum Gasteiger partial charge on any atom is 0.227 e. The Labute approximate surface area is 142 Å². The number of amides is 2. The van der Waals surface area contributed by atoms with Crippen molar-refractivity contribution in [2.75, 3.05) is 10.6 Å². The van der Waals surface area contributed by atoms with Gasteiger partial charge in [-0.2, -0.15) is 0 Å². The first-order chi connectivity index (χ1) is 10.9. The van der Waals surface area contributed by atoms with E-state index in [0.717, 1.165) is 29.8 Å². The Morgan fingerprint density at radius 1 is 1.22 bits per heavy atom. The lowest BCUT2D eigenvalue weighted by atomic mass is 10.1. The Morgan fingerprint density at radius 2 is 1.83 bits per heavy atom. The molecule has 0 aliphatic heterocycles.